The number of carbonyl (C=O) groups excluding carboxylic acids is 3. The lowest BCUT2D eigenvalue weighted by Gasteiger charge is -2.26. The van der Waals surface area contributed by atoms with Crippen LogP contribution in [0.3, 0.4) is 0 Å². The van der Waals surface area contributed by atoms with Crippen molar-refractivity contribution in [3.8, 4) is 0 Å². The zero-order valence-electron chi connectivity index (χ0n) is 17.8. The fraction of sp³-hybridized carbons (Fsp3) is 0.542. The lowest BCUT2D eigenvalue weighted by atomic mass is 9.99. The van der Waals surface area contributed by atoms with E-state index in [1.807, 2.05) is 6.92 Å². The Morgan fingerprint density at radius 1 is 1.03 bits per heavy atom. The van der Waals surface area contributed by atoms with Gasteiger partial charge in [-0.1, -0.05) is 81.5 Å². The van der Waals surface area contributed by atoms with Gasteiger partial charge >= 0.3 is 0 Å². The average Bonchev–Trinajstić information content (AvgIpc) is 2.97. The first-order valence-electron chi connectivity index (χ1n) is 10.5. The Bertz CT molecular complexity index is 751. The lowest BCUT2D eigenvalue weighted by molar-refractivity contribution is -0.122. The standard InChI is InChI=1S/C24H32O4S/c1-4-5-6-7-8-9-14-24(3)22(16-23(27)29-24)28-17-21(26)15-19-10-12-20(13-11-19)18(2)25/h10-13,16H,4-9,14-15,17H2,1-3H3. The Morgan fingerprint density at radius 3 is 2.34 bits per heavy atom. The van der Waals surface area contributed by atoms with Gasteiger partial charge in [-0.15, -0.1) is 0 Å². The smallest absolute Gasteiger partial charge is 0.216 e. The van der Waals surface area contributed by atoms with Gasteiger partial charge in [0, 0.05) is 18.1 Å². The monoisotopic (exact) mass is 416 g/mol. The van der Waals surface area contributed by atoms with Gasteiger partial charge in [-0.25, -0.2) is 0 Å². The minimum absolute atomic E-state index is 0.000698. The summed E-state index contributed by atoms with van der Waals surface area (Å²) >= 11 is 1.30. The van der Waals surface area contributed by atoms with Crippen LogP contribution in [-0.4, -0.2) is 28.0 Å². The number of hydrogen-bond donors (Lipinski definition) is 0. The summed E-state index contributed by atoms with van der Waals surface area (Å²) < 4.78 is 5.43. The second-order valence-electron chi connectivity index (χ2n) is 7.94. The Kier molecular flexibility index (Phi) is 9.15. The van der Waals surface area contributed by atoms with E-state index in [0.29, 0.717) is 11.3 Å². The summed E-state index contributed by atoms with van der Waals surface area (Å²) in [5.41, 5.74) is 1.49. The number of hydrogen-bond acceptors (Lipinski definition) is 5. The van der Waals surface area contributed by atoms with Crippen molar-refractivity contribution in [1.29, 1.82) is 0 Å². The third kappa shape index (κ3) is 7.46. The Hall–Kier alpha value is -1.88. The summed E-state index contributed by atoms with van der Waals surface area (Å²) in [6.45, 7) is 5.72. The Labute approximate surface area is 178 Å². The summed E-state index contributed by atoms with van der Waals surface area (Å²) in [5, 5.41) is 0.000698. The first-order valence-corrected chi connectivity index (χ1v) is 11.3. The molecule has 1 heterocycles. The second kappa shape index (κ2) is 11.3. The molecule has 1 aromatic rings. The van der Waals surface area contributed by atoms with Gasteiger partial charge in [-0.3, -0.25) is 14.4 Å². The van der Waals surface area contributed by atoms with E-state index in [1.54, 1.807) is 24.3 Å². The lowest BCUT2D eigenvalue weighted by Crippen LogP contribution is -2.24. The van der Waals surface area contributed by atoms with E-state index in [4.69, 9.17) is 4.74 Å². The molecule has 1 atom stereocenters. The number of ketones is 2. The van der Waals surface area contributed by atoms with E-state index in [9.17, 15) is 14.4 Å². The molecule has 1 aromatic carbocycles. The van der Waals surface area contributed by atoms with Gasteiger partial charge in [-0.2, -0.15) is 0 Å². The van der Waals surface area contributed by atoms with Crippen LogP contribution in [0.4, 0.5) is 0 Å². The van der Waals surface area contributed by atoms with Crippen molar-refractivity contribution in [2.75, 3.05) is 6.61 Å². The molecule has 0 fully saturated rings. The van der Waals surface area contributed by atoms with Gasteiger partial charge in [0.25, 0.3) is 0 Å². The molecule has 0 radical (unpaired) electrons. The van der Waals surface area contributed by atoms with Crippen LogP contribution in [0.1, 0.15) is 81.6 Å². The maximum atomic E-state index is 12.3. The van der Waals surface area contributed by atoms with Crippen LogP contribution >= 0.6 is 11.8 Å². The maximum absolute atomic E-state index is 12.3. The van der Waals surface area contributed by atoms with Crippen LogP contribution in [0.25, 0.3) is 0 Å². The number of Topliss-reactive ketones (excluding diaryl/α,β-unsaturated/α-hetero) is 2. The van der Waals surface area contributed by atoms with Crippen LogP contribution in [0.15, 0.2) is 36.1 Å². The quantitative estimate of drug-likeness (QED) is 0.306. The summed E-state index contributed by atoms with van der Waals surface area (Å²) in [4.78, 5) is 35.6. The predicted octanol–water partition coefficient (Wildman–Crippen LogP) is 5.68. The molecule has 1 aliphatic rings. The zero-order valence-corrected chi connectivity index (χ0v) is 18.6. The number of unbranched alkanes of at least 4 members (excludes halogenated alkanes) is 5. The van der Waals surface area contributed by atoms with Crippen LogP contribution in [0.5, 0.6) is 0 Å². The van der Waals surface area contributed by atoms with E-state index in [-0.39, 0.29) is 34.5 Å². The minimum Gasteiger partial charge on any atom is -0.489 e. The van der Waals surface area contributed by atoms with E-state index < -0.39 is 0 Å². The molecule has 1 unspecified atom stereocenters. The molecule has 0 bridgehead atoms. The van der Waals surface area contributed by atoms with E-state index in [1.165, 1.54) is 50.4 Å². The van der Waals surface area contributed by atoms with Crippen molar-refractivity contribution in [2.45, 2.75) is 76.9 Å². The van der Waals surface area contributed by atoms with Crippen molar-refractivity contribution in [3.05, 3.63) is 47.2 Å². The fourth-order valence-corrected chi connectivity index (χ4v) is 4.54. The van der Waals surface area contributed by atoms with Gasteiger partial charge in [0.05, 0.1) is 4.75 Å². The van der Waals surface area contributed by atoms with Crippen molar-refractivity contribution in [3.63, 3.8) is 0 Å². The summed E-state index contributed by atoms with van der Waals surface area (Å²) in [6, 6.07) is 7.06. The third-order valence-corrected chi connectivity index (χ3v) is 6.43. The highest BCUT2D eigenvalue weighted by Gasteiger charge is 2.39. The Balaban J connectivity index is 1.82. The summed E-state index contributed by atoms with van der Waals surface area (Å²) in [7, 11) is 0. The molecule has 0 amide bonds. The summed E-state index contributed by atoms with van der Waals surface area (Å²) in [5.74, 6) is 0.584. The van der Waals surface area contributed by atoms with Crippen LogP contribution in [0.2, 0.25) is 0 Å². The van der Waals surface area contributed by atoms with E-state index in [2.05, 4.69) is 6.92 Å². The number of carbonyl (C=O) groups is 3. The maximum Gasteiger partial charge on any atom is 0.216 e. The normalized spacial score (nSPS) is 18.6. The highest BCUT2D eigenvalue weighted by atomic mass is 32.2. The zero-order chi connectivity index (χ0) is 21.3. The number of thioether (sulfide) groups is 1. The minimum atomic E-state index is -0.370. The number of ether oxygens (including phenoxy) is 1. The molecule has 2 rings (SSSR count). The van der Waals surface area contributed by atoms with Crippen molar-refractivity contribution in [1.82, 2.24) is 0 Å². The molecule has 0 saturated heterocycles. The first-order chi connectivity index (χ1) is 13.8. The molecular weight excluding hydrogens is 384 g/mol. The molecule has 5 heteroatoms. The van der Waals surface area contributed by atoms with Gasteiger partial charge in [0.15, 0.2) is 11.6 Å². The molecule has 0 saturated carbocycles. The molecular formula is C24H32O4S. The predicted molar refractivity (Wildman–Crippen MR) is 118 cm³/mol. The van der Waals surface area contributed by atoms with Gasteiger partial charge in [0.1, 0.15) is 12.4 Å². The molecule has 4 nitrogen and oxygen atoms in total. The largest absolute Gasteiger partial charge is 0.489 e. The number of rotatable bonds is 13. The van der Waals surface area contributed by atoms with Crippen LogP contribution < -0.4 is 0 Å². The first kappa shape index (κ1) is 23.4. The van der Waals surface area contributed by atoms with Gasteiger partial charge in [0.2, 0.25) is 5.12 Å². The number of benzene rings is 1. The topological polar surface area (TPSA) is 60.4 Å². The highest BCUT2D eigenvalue weighted by molar-refractivity contribution is 8.15. The van der Waals surface area contributed by atoms with Gasteiger partial charge < -0.3 is 4.74 Å². The molecule has 29 heavy (non-hydrogen) atoms. The molecule has 158 valence electrons. The Morgan fingerprint density at radius 2 is 1.69 bits per heavy atom. The molecule has 0 N–H and O–H groups in total. The van der Waals surface area contributed by atoms with E-state index in [0.717, 1.165) is 24.8 Å². The SMILES string of the molecule is CCCCCCCCC1(C)SC(=O)C=C1OCC(=O)Cc1ccc(C(C)=O)cc1. The van der Waals surface area contributed by atoms with Crippen LogP contribution in [0, 0.1) is 0 Å². The summed E-state index contributed by atoms with van der Waals surface area (Å²) in [6.07, 6.45) is 9.88. The van der Waals surface area contributed by atoms with Gasteiger partial charge in [-0.05, 0) is 25.8 Å². The third-order valence-electron chi connectivity index (χ3n) is 5.25. The highest BCUT2D eigenvalue weighted by Crippen LogP contribution is 2.44. The van der Waals surface area contributed by atoms with Crippen molar-refractivity contribution in [2.24, 2.45) is 0 Å². The fourth-order valence-electron chi connectivity index (χ4n) is 3.47. The molecule has 0 spiro atoms. The molecule has 0 aliphatic carbocycles. The second-order valence-corrected chi connectivity index (χ2v) is 9.44. The van der Waals surface area contributed by atoms with E-state index >= 15 is 0 Å². The molecule has 0 aromatic heterocycles. The average molecular weight is 417 g/mol. The van der Waals surface area contributed by atoms with Crippen molar-refractivity contribution >= 4 is 28.4 Å². The van der Waals surface area contributed by atoms with Crippen molar-refractivity contribution < 1.29 is 19.1 Å². The van der Waals surface area contributed by atoms with Crippen LogP contribution in [-0.2, 0) is 20.7 Å². The molecule has 1 aliphatic heterocycles.